The van der Waals surface area contributed by atoms with Gasteiger partial charge in [0.15, 0.2) is 18.1 Å². The lowest BCUT2D eigenvalue weighted by Crippen LogP contribution is -2.13. The van der Waals surface area contributed by atoms with Gasteiger partial charge in [-0.25, -0.2) is 4.79 Å². The van der Waals surface area contributed by atoms with Gasteiger partial charge in [0, 0.05) is 10.2 Å². The summed E-state index contributed by atoms with van der Waals surface area (Å²) < 4.78 is 21.6. The molecule has 0 fully saturated rings. The number of hydrogen-bond acceptors (Lipinski definition) is 7. The van der Waals surface area contributed by atoms with Crippen LogP contribution in [-0.4, -0.2) is 32.7 Å². The third kappa shape index (κ3) is 7.35. The largest absolute Gasteiger partial charge is 0.493 e. The van der Waals surface area contributed by atoms with Gasteiger partial charge in [0.2, 0.25) is 0 Å². The highest BCUT2D eigenvalue weighted by molar-refractivity contribution is 9.10. The fourth-order valence-corrected chi connectivity index (χ4v) is 3.44. The van der Waals surface area contributed by atoms with Crippen molar-refractivity contribution in [2.24, 2.45) is 0 Å². The van der Waals surface area contributed by atoms with Crippen molar-refractivity contribution in [2.75, 3.05) is 26.1 Å². The second-order valence-electron chi connectivity index (χ2n) is 7.31. The molecule has 1 amide bonds. The second kappa shape index (κ2) is 13.0. The number of carbonyl (C=O) groups is 2. The number of nitrogens with one attached hydrogen (secondary N) is 1. The Morgan fingerprint density at radius 1 is 1.00 bits per heavy atom. The Labute approximate surface area is 217 Å². The third-order valence-corrected chi connectivity index (χ3v) is 5.57. The fraction of sp³-hybridized carbons (Fsp3) is 0.148. The van der Waals surface area contributed by atoms with Gasteiger partial charge >= 0.3 is 5.97 Å². The molecule has 0 saturated carbocycles. The SMILES string of the molecule is COC(=O)COc1cc(Br)c(/C=C(\C#N)C(=O)Nc2ccc(OCc3ccccc3)cc2)cc1OC. The van der Waals surface area contributed by atoms with Crippen LogP contribution in [-0.2, 0) is 20.9 Å². The first-order chi connectivity index (χ1) is 17.4. The Kier molecular flexibility index (Phi) is 9.48. The molecule has 0 atom stereocenters. The van der Waals surface area contributed by atoms with Crippen molar-refractivity contribution >= 4 is 39.6 Å². The first kappa shape index (κ1) is 26.3. The average Bonchev–Trinajstić information content (AvgIpc) is 2.91. The lowest BCUT2D eigenvalue weighted by atomic mass is 10.1. The van der Waals surface area contributed by atoms with Crippen molar-refractivity contribution in [1.29, 1.82) is 5.26 Å². The monoisotopic (exact) mass is 550 g/mol. The molecule has 0 radical (unpaired) electrons. The number of benzene rings is 3. The number of anilines is 1. The quantitative estimate of drug-likeness (QED) is 0.211. The zero-order valence-corrected chi connectivity index (χ0v) is 21.2. The van der Waals surface area contributed by atoms with E-state index in [2.05, 4.69) is 26.0 Å². The van der Waals surface area contributed by atoms with Crippen LogP contribution in [0.4, 0.5) is 5.69 Å². The first-order valence-corrected chi connectivity index (χ1v) is 11.5. The molecule has 0 aliphatic heterocycles. The van der Waals surface area contributed by atoms with Crippen LogP contribution in [0, 0.1) is 11.3 Å². The number of hydrogen-bond donors (Lipinski definition) is 1. The first-order valence-electron chi connectivity index (χ1n) is 10.7. The smallest absolute Gasteiger partial charge is 0.343 e. The molecule has 36 heavy (non-hydrogen) atoms. The molecule has 184 valence electrons. The highest BCUT2D eigenvalue weighted by Crippen LogP contribution is 2.34. The van der Waals surface area contributed by atoms with E-state index >= 15 is 0 Å². The van der Waals surface area contributed by atoms with Crippen molar-refractivity contribution in [3.05, 3.63) is 87.9 Å². The van der Waals surface area contributed by atoms with Gasteiger partial charge in [0.1, 0.15) is 24.0 Å². The molecule has 0 unspecified atom stereocenters. The van der Waals surface area contributed by atoms with Crippen molar-refractivity contribution in [2.45, 2.75) is 6.61 Å². The molecule has 0 saturated heterocycles. The number of halogens is 1. The predicted octanol–water partition coefficient (Wildman–Crippen LogP) is 5.13. The number of methoxy groups -OCH3 is 2. The van der Waals surface area contributed by atoms with E-state index in [-0.39, 0.29) is 12.2 Å². The maximum absolute atomic E-state index is 12.7. The van der Waals surface area contributed by atoms with Gasteiger partial charge in [-0.15, -0.1) is 0 Å². The summed E-state index contributed by atoms with van der Waals surface area (Å²) in [6, 6.07) is 21.7. The van der Waals surface area contributed by atoms with E-state index in [1.807, 2.05) is 36.4 Å². The van der Waals surface area contributed by atoms with Gasteiger partial charge in [0.25, 0.3) is 5.91 Å². The summed E-state index contributed by atoms with van der Waals surface area (Å²) in [4.78, 5) is 24.1. The number of rotatable bonds is 10. The molecule has 3 rings (SSSR count). The maximum atomic E-state index is 12.7. The maximum Gasteiger partial charge on any atom is 0.343 e. The number of carbonyl (C=O) groups excluding carboxylic acids is 2. The van der Waals surface area contributed by atoms with Gasteiger partial charge in [-0.3, -0.25) is 4.79 Å². The average molecular weight is 551 g/mol. The van der Waals surface area contributed by atoms with E-state index < -0.39 is 11.9 Å². The van der Waals surface area contributed by atoms with Gasteiger partial charge in [-0.1, -0.05) is 46.3 Å². The van der Waals surface area contributed by atoms with Gasteiger partial charge in [-0.2, -0.15) is 5.26 Å². The standard InChI is InChI=1S/C27H23BrN2O6/c1-33-24-13-19(23(28)14-25(24)36-17-26(31)34-2)12-20(15-29)27(32)30-21-8-10-22(11-9-21)35-16-18-6-4-3-5-7-18/h3-14H,16-17H2,1-2H3,(H,30,32)/b20-12+. The summed E-state index contributed by atoms with van der Waals surface area (Å²) in [5, 5.41) is 12.3. The lowest BCUT2D eigenvalue weighted by molar-refractivity contribution is -0.142. The summed E-state index contributed by atoms with van der Waals surface area (Å²) >= 11 is 3.40. The molecule has 0 heterocycles. The summed E-state index contributed by atoms with van der Waals surface area (Å²) in [7, 11) is 2.70. The van der Waals surface area contributed by atoms with Crippen LogP contribution in [0.15, 0.2) is 76.8 Å². The minimum Gasteiger partial charge on any atom is -0.493 e. The topological polar surface area (TPSA) is 107 Å². The molecule has 0 bridgehead atoms. The minimum absolute atomic E-state index is 0.120. The van der Waals surface area contributed by atoms with Crippen LogP contribution >= 0.6 is 15.9 Å². The van der Waals surface area contributed by atoms with Crippen LogP contribution in [0.1, 0.15) is 11.1 Å². The third-order valence-electron chi connectivity index (χ3n) is 4.88. The molecule has 0 aliphatic carbocycles. The van der Waals surface area contributed by atoms with E-state index in [0.717, 1.165) is 5.56 Å². The Bertz CT molecular complexity index is 1280. The normalized spacial score (nSPS) is 10.7. The highest BCUT2D eigenvalue weighted by Gasteiger charge is 2.15. The number of nitrogens with zero attached hydrogens (tertiary/aromatic N) is 1. The Hall–Kier alpha value is -4.29. The van der Waals surface area contributed by atoms with E-state index in [4.69, 9.17) is 14.2 Å². The second-order valence-corrected chi connectivity index (χ2v) is 8.17. The molecule has 8 nitrogen and oxygen atoms in total. The summed E-state index contributed by atoms with van der Waals surface area (Å²) in [5.41, 5.74) is 1.94. The molecule has 0 spiro atoms. The summed E-state index contributed by atoms with van der Waals surface area (Å²) in [6.07, 6.45) is 1.42. The van der Waals surface area contributed by atoms with Crippen LogP contribution in [0.2, 0.25) is 0 Å². The molecule has 0 aliphatic rings. The molecule has 3 aromatic rings. The van der Waals surface area contributed by atoms with Crippen LogP contribution in [0.3, 0.4) is 0 Å². The van der Waals surface area contributed by atoms with Crippen molar-refractivity contribution in [3.63, 3.8) is 0 Å². The number of ether oxygens (including phenoxy) is 4. The van der Waals surface area contributed by atoms with E-state index in [9.17, 15) is 14.9 Å². The van der Waals surface area contributed by atoms with Crippen LogP contribution < -0.4 is 19.5 Å². The minimum atomic E-state index is -0.577. The van der Waals surface area contributed by atoms with Gasteiger partial charge in [0.05, 0.1) is 14.2 Å². The molecule has 1 N–H and O–H groups in total. The predicted molar refractivity (Wildman–Crippen MR) is 138 cm³/mol. The fourth-order valence-electron chi connectivity index (χ4n) is 3.01. The van der Waals surface area contributed by atoms with E-state index in [1.165, 1.54) is 20.3 Å². The van der Waals surface area contributed by atoms with Crippen molar-refractivity contribution in [1.82, 2.24) is 0 Å². The zero-order valence-electron chi connectivity index (χ0n) is 19.6. The zero-order chi connectivity index (χ0) is 25.9. The van der Waals surface area contributed by atoms with E-state index in [1.54, 1.807) is 36.4 Å². The molecular formula is C27H23BrN2O6. The summed E-state index contributed by atoms with van der Waals surface area (Å²) in [5.74, 6) is 0.142. The Balaban J connectivity index is 1.69. The molecular weight excluding hydrogens is 528 g/mol. The highest BCUT2D eigenvalue weighted by atomic mass is 79.9. The molecule has 3 aromatic carbocycles. The number of esters is 1. The Morgan fingerprint density at radius 2 is 1.72 bits per heavy atom. The number of amides is 1. The molecule has 0 aromatic heterocycles. The molecule has 9 heteroatoms. The van der Waals surface area contributed by atoms with Crippen LogP contribution in [0.5, 0.6) is 17.2 Å². The van der Waals surface area contributed by atoms with Crippen molar-refractivity contribution in [3.8, 4) is 23.3 Å². The lowest BCUT2D eigenvalue weighted by Gasteiger charge is -2.12. The van der Waals surface area contributed by atoms with Crippen LogP contribution in [0.25, 0.3) is 6.08 Å². The summed E-state index contributed by atoms with van der Waals surface area (Å²) in [6.45, 7) is 0.134. The van der Waals surface area contributed by atoms with Gasteiger partial charge < -0.3 is 24.3 Å². The number of nitriles is 1. The Morgan fingerprint density at radius 3 is 2.36 bits per heavy atom. The van der Waals surface area contributed by atoms with Crippen molar-refractivity contribution < 1.29 is 28.5 Å². The van der Waals surface area contributed by atoms with E-state index in [0.29, 0.717) is 39.6 Å². The van der Waals surface area contributed by atoms with Gasteiger partial charge in [-0.05, 0) is 53.6 Å².